The highest BCUT2D eigenvalue weighted by Crippen LogP contribution is 2.41. The van der Waals surface area contributed by atoms with Crippen LogP contribution in [0.15, 0.2) is 12.1 Å². The van der Waals surface area contributed by atoms with E-state index in [-0.39, 0.29) is 23.1 Å². The van der Waals surface area contributed by atoms with Gasteiger partial charge in [-0.1, -0.05) is 0 Å². The maximum Gasteiger partial charge on any atom is 0.340 e. The van der Waals surface area contributed by atoms with Crippen molar-refractivity contribution in [1.82, 2.24) is 0 Å². The maximum absolute atomic E-state index is 14.8. The third kappa shape index (κ3) is 3.77. The molecule has 0 radical (unpaired) electrons. The highest BCUT2D eigenvalue weighted by atomic mass is 19.1. The second kappa shape index (κ2) is 7.15. The minimum absolute atomic E-state index is 0.0436. The monoisotopic (exact) mass is 370 g/mol. The van der Waals surface area contributed by atoms with Gasteiger partial charge in [-0.25, -0.2) is 18.0 Å². The smallest absolute Gasteiger partial charge is 0.340 e. The van der Waals surface area contributed by atoms with Crippen molar-refractivity contribution in [3.63, 3.8) is 0 Å². The molecule has 0 aliphatic rings. The van der Waals surface area contributed by atoms with Crippen LogP contribution in [0.1, 0.15) is 44.9 Å². The Morgan fingerprint density at radius 3 is 2.38 bits per heavy atom. The third-order valence-corrected chi connectivity index (χ3v) is 3.75. The van der Waals surface area contributed by atoms with E-state index in [0.29, 0.717) is 6.07 Å². The van der Waals surface area contributed by atoms with Crippen LogP contribution in [0.3, 0.4) is 0 Å². The molecule has 26 heavy (non-hydrogen) atoms. The molecule has 0 saturated heterocycles. The number of carbonyl (C=O) groups excluding carboxylic acids is 1. The molecule has 0 aliphatic carbocycles. The molecule has 1 N–H and O–H groups in total. The zero-order valence-electron chi connectivity index (χ0n) is 15.2. The Morgan fingerprint density at radius 2 is 1.85 bits per heavy atom. The van der Waals surface area contributed by atoms with E-state index >= 15 is 0 Å². The van der Waals surface area contributed by atoms with Crippen molar-refractivity contribution in [3.05, 3.63) is 40.7 Å². The Bertz CT molecular complexity index is 856. The van der Waals surface area contributed by atoms with Crippen LogP contribution < -0.4 is 0 Å². The fraction of sp³-hybridized carbons (Fsp3) is 0.421. The first-order valence-corrected chi connectivity index (χ1v) is 8.12. The van der Waals surface area contributed by atoms with Crippen molar-refractivity contribution in [2.24, 2.45) is 0 Å². The topological polar surface area (TPSA) is 55.8 Å². The van der Waals surface area contributed by atoms with Gasteiger partial charge < -0.3 is 14.6 Å². The number of halogens is 3. The Labute approximate surface area is 149 Å². The molecular weight excluding hydrogens is 349 g/mol. The van der Waals surface area contributed by atoms with Gasteiger partial charge in [0.1, 0.15) is 23.2 Å². The quantitative estimate of drug-likeness (QED) is 0.794. The summed E-state index contributed by atoms with van der Waals surface area (Å²) in [4.78, 5) is 12.4. The first kappa shape index (κ1) is 20.0. The first-order chi connectivity index (χ1) is 12.0. The zero-order valence-corrected chi connectivity index (χ0v) is 15.2. The fourth-order valence-electron chi connectivity index (χ4n) is 2.73. The Hall–Kier alpha value is -2.28. The predicted octanol–water partition coefficient (Wildman–Crippen LogP) is 4.69. The van der Waals surface area contributed by atoms with E-state index in [1.54, 1.807) is 27.7 Å². The number of fused-ring (bicyclic) bond motifs is 1. The van der Waals surface area contributed by atoms with Crippen LogP contribution in [0.4, 0.5) is 13.2 Å². The molecule has 1 unspecified atom stereocenters. The fourth-order valence-corrected chi connectivity index (χ4v) is 2.73. The van der Waals surface area contributed by atoms with Gasteiger partial charge in [0.2, 0.25) is 0 Å². The maximum atomic E-state index is 14.8. The number of phenolic OH excluding ortho intramolecular Hbond substituents is 1. The number of phenols is 1. The molecule has 2 aromatic rings. The number of carbonyl (C=O) groups is 1. The lowest BCUT2D eigenvalue weighted by Crippen LogP contribution is -2.29. The summed E-state index contributed by atoms with van der Waals surface area (Å²) in [5.41, 5.74) is -1.23. The first-order valence-electron chi connectivity index (χ1n) is 8.12. The lowest BCUT2D eigenvalue weighted by atomic mass is 9.94. The van der Waals surface area contributed by atoms with Gasteiger partial charge in [-0.2, -0.15) is 0 Å². The summed E-state index contributed by atoms with van der Waals surface area (Å²) < 4.78 is 53.1. The minimum atomic E-state index is -1.46. The average Bonchev–Trinajstić information content (AvgIpc) is 2.50. The van der Waals surface area contributed by atoms with Crippen molar-refractivity contribution in [3.8, 4) is 5.75 Å². The van der Waals surface area contributed by atoms with Gasteiger partial charge in [0, 0.05) is 17.0 Å². The molecule has 0 amide bonds. The SMILES string of the molecule is CCOC(=O)C(OC(C)(C)C)c1c(C)c(F)c2c(F)cc(F)cc2c1O. The van der Waals surface area contributed by atoms with Crippen LogP contribution in [-0.2, 0) is 14.3 Å². The van der Waals surface area contributed by atoms with E-state index in [1.165, 1.54) is 6.92 Å². The summed E-state index contributed by atoms with van der Waals surface area (Å²) in [6, 6.07) is 1.33. The number of esters is 1. The summed E-state index contributed by atoms with van der Waals surface area (Å²) in [5, 5.41) is 9.67. The molecule has 1 atom stereocenters. The van der Waals surface area contributed by atoms with Crippen LogP contribution in [-0.4, -0.2) is 23.3 Å². The molecule has 2 aromatic carbocycles. The molecule has 142 valence electrons. The van der Waals surface area contributed by atoms with Crippen molar-refractivity contribution in [1.29, 1.82) is 0 Å². The number of hydrogen-bond donors (Lipinski definition) is 1. The van der Waals surface area contributed by atoms with Crippen molar-refractivity contribution >= 4 is 16.7 Å². The van der Waals surface area contributed by atoms with Gasteiger partial charge in [0.05, 0.1) is 17.6 Å². The molecule has 7 heteroatoms. The van der Waals surface area contributed by atoms with Crippen LogP contribution in [0.2, 0.25) is 0 Å². The van der Waals surface area contributed by atoms with Crippen molar-refractivity contribution in [2.45, 2.75) is 46.3 Å². The Kier molecular flexibility index (Phi) is 5.51. The lowest BCUT2D eigenvalue weighted by molar-refractivity contribution is -0.167. The number of aromatic hydroxyl groups is 1. The van der Waals surface area contributed by atoms with Gasteiger partial charge in [0.15, 0.2) is 6.10 Å². The predicted molar refractivity (Wildman–Crippen MR) is 90.4 cm³/mol. The van der Waals surface area contributed by atoms with E-state index in [4.69, 9.17) is 9.47 Å². The Balaban J connectivity index is 2.82. The van der Waals surface area contributed by atoms with E-state index in [0.717, 1.165) is 6.07 Å². The van der Waals surface area contributed by atoms with Gasteiger partial charge >= 0.3 is 5.97 Å². The van der Waals surface area contributed by atoms with Crippen LogP contribution >= 0.6 is 0 Å². The third-order valence-electron chi connectivity index (χ3n) is 3.75. The standard InChI is InChI=1S/C19H21F3O4/c1-6-25-18(24)17(26-19(3,4)5)13-9(2)15(22)14-11(16(13)23)7-10(20)8-12(14)21/h7-8,17,23H,6H2,1-5H3. The second-order valence-corrected chi connectivity index (χ2v) is 6.87. The molecule has 0 spiro atoms. The van der Waals surface area contributed by atoms with Gasteiger partial charge in [0.25, 0.3) is 0 Å². The van der Waals surface area contributed by atoms with Gasteiger partial charge in [-0.05, 0) is 46.2 Å². The molecular formula is C19H21F3O4. The van der Waals surface area contributed by atoms with Crippen molar-refractivity contribution < 1.29 is 32.5 Å². The van der Waals surface area contributed by atoms with Crippen molar-refractivity contribution in [2.75, 3.05) is 6.61 Å². The molecule has 0 fully saturated rings. The lowest BCUT2D eigenvalue weighted by Gasteiger charge is -2.28. The van der Waals surface area contributed by atoms with Gasteiger partial charge in [-0.3, -0.25) is 0 Å². The van der Waals surface area contributed by atoms with Crippen LogP contribution in [0.25, 0.3) is 10.8 Å². The number of benzene rings is 2. The largest absolute Gasteiger partial charge is 0.507 e. The summed E-state index contributed by atoms with van der Waals surface area (Å²) in [6.45, 7) is 7.92. The van der Waals surface area contributed by atoms with E-state index in [9.17, 15) is 23.1 Å². The number of rotatable bonds is 4. The van der Waals surface area contributed by atoms with Crippen LogP contribution in [0.5, 0.6) is 5.75 Å². The molecule has 0 saturated carbocycles. The molecule has 0 aliphatic heterocycles. The molecule has 0 aromatic heterocycles. The molecule has 2 rings (SSSR count). The van der Waals surface area contributed by atoms with Crippen LogP contribution in [0, 0.1) is 24.4 Å². The highest BCUT2D eigenvalue weighted by molar-refractivity contribution is 5.93. The van der Waals surface area contributed by atoms with E-state index in [1.807, 2.05) is 0 Å². The number of ether oxygens (including phenoxy) is 2. The summed E-state index contributed by atoms with van der Waals surface area (Å²) in [5.74, 6) is -4.59. The number of hydrogen-bond acceptors (Lipinski definition) is 4. The van der Waals surface area contributed by atoms with E-state index in [2.05, 4.69) is 0 Å². The Morgan fingerprint density at radius 1 is 1.23 bits per heavy atom. The molecule has 4 nitrogen and oxygen atoms in total. The summed E-state index contributed by atoms with van der Waals surface area (Å²) in [6.07, 6.45) is -1.46. The summed E-state index contributed by atoms with van der Waals surface area (Å²) >= 11 is 0. The molecule has 0 bridgehead atoms. The minimum Gasteiger partial charge on any atom is -0.507 e. The summed E-state index contributed by atoms with van der Waals surface area (Å²) in [7, 11) is 0. The average molecular weight is 370 g/mol. The van der Waals surface area contributed by atoms with E-state index < -0.39 is 46.3 Å². The molecule has 0 heterocycles. The highest BCUT2D eigenvalue weighted by Gasteiger charge is 2.34. The van der Waals surface area contributed by atoms with Gasteiger partial charge in [-0.15, -0.1) is 0 Å². The normalized spacial score (nSPS) is 13.1. The zero-order chi connectivity index (χ0) is 19.8. The second-order valence-electron chi connectivity index (χ2n) is 6.87.